The number of hydrogen-bond donors (Lipinski definition) is 3. The van der Waals surface area contributed by atoms with Gasteiger partial charge in [0.25, 0.3) is 0 Å². The van der Waals surface area contributed by atoms with Crippen molar-refractivity contribution in [3.8, 4) is 0 Å². The summed E-state index contributed by atoms with van der Waals surface area (Å²) in [5.41, 5.74) is 0. The van der Waals surface area contributed by atoms with Crippen LogP contribution in [-0.4, -0.2) is 34.9 Å². The van der Waals surface area contributed by atoms with Crippen molar-refractivity contribution >= 4 is 5.97 Å². The van der Waals surface area contributed by atoms with E-state index < -0.39 is 5.97 Å². The Labute approximate surface area is 65.2 Å². The van der Waals surface area contributed by atoms with Gasteiger partial charge in [-0.2, -0.15) is 0 Å². The monoisotopic (exact) mass is 159 g/mol. The number of aliphatic carboxylic acids is 1. The van der Waals surface area contributed by atoms with Gasteiger partial charge in [0.2, 0.25) is 0 Å². The molecule has 11 heavy (non-hydrogen) atoms. The molecule has 0 radical (unpaired) electrons. The topological polar surface area (TPSA) is 69.6 Å². The lowest BCUT2D eigenvalue weighted by molar-refractivity contribution is -0.137. The first-order chi connectivity index (χ1) is 5.18. The van der Waals surface area contributed by atoms with Crippen LogP contribution in [0.5, 0.6) is 0 Å². The SMILES string of the molecule is O=C(O)CC1CCC(O)CN1. The van der Waals surface area contributed by atoms with Crippen molar-refractivity contribution < 1.29 is 15.0 Å². The zero-order valence-electron chi connectivity index (χ0n) is 6.29. The second kappa shape index (κ2) is 3.69. The van der Waals surface area contributed by atoms with Gasteiger partial charge in [-0.3, -0.25) is 4.79 Å². The highest BCUT2D eigenvalue weighted by Crippen LogP contribution is 2.10. The third-order valence-electron chi connectivity index (χ3n) is 1.91. The molecular formula is C7H13NO3. The van der Waals surface area contributed by atoms with Gasteiger partial charge in [-0.05, 0) is 12.8 Å². The standard InChI is InChI=1S/C7H13NO3/c9-6-2-1-5(8-4-6)3-7(10)11/h5-6,8-9H,1-4H2,(H,10,11). The normalized spacial score (nSPS) is 31.7. The van der Waals surface area contributed by atoms with Crippen LogP contribution < -0.4 is 5.32 Å². The second-order valence-corrected chi connectivity index (χ2v) is 2.93. The summed E-state index contributed by atoms with van der Waals surface area (Å²) in [5, 5.41) is 20.4. The van der Waals surface area contributed by atoms with E-state index in [1.165, 1.54) is 0 Å². The fourth-order valence-corrected chi connectivity index (χ4v) is 1.29. The van der Waals surface area contributed by atoms with E-state index in [4.69, 9.17) is 10.2 Å². The van der Waals surface area contributed by atoms with Gasteiger partial charge >= 0.3 is 5.97 Å². The van der Waals surface area contributed by atoms with Crippen molar-refractivity contribution in [3.63, 3.8) is 0 Å². The van der Waals surface area contributed by atoms with E-state index in [2.05, 4.69) is 5.32 Å². The zero-order chi connectivity index (χ0) is 8.27. The van der Waals surface area contributed by atoms with Gasteiger partial charge in [0.15, 0.2) is 0 Å². The average Bonchev–Trinajstić information content (AvgIpc) is 1.93. The number of carbonyl (C=O) groups is 1. The molecule has 0 bridgehead atoms. The molecule has 1 aliphatic rings. The van der Waals surface area contributed by atoms with E-state index in [9.17, 15) is 4.79 Å². The molecule has 64 valence electrons. The molecule has 1 heterocycles. The number of carboxylic acids is 1. The summed E-state index contributed by atoms with van der Waals surface area (Å²) in [4.78, 5) is 10.2. The van der Waals surface area contributed by atoms with E-state index >= 15 is 0 Å². The van der Waals surface area contributed by atoms with Crippen LogP contribution in [-0.2, 0) is 4.79 Å². The van der Waals surface area contributed by atoms with E-state index in [1.54, 1.807) is 0 Å². The van der Waals surface area contributed by atoms with Gasteiger partial charge in [-0.15, -0.1) is 0 Å². The molecule has 0 spiro atoms. The number of aliphatic hydroxyl groups excluding tert-OH is 1. The van der Waals surface area contributed by atoms with Crippen molar-refractivity contribution in [2.75, 3.05) is 6.54 Å². The van der Waals surface area contributed by atoms with E-state index in [-0.39, 0.29) is 18.6 Å². The summed E-state index contributed by atoms with van der Waals surface area (Å²) >= 11 is 0. The molecule has 0 saturated carbocycles. The summed E-state index contributed by atoms with van der Waals surface area (Å²) in [6.45, 7) is 0.526. The van der Waals surface area contributed by atoms with Crippen molar-refractivity contribution in [2.45, 2.75) is 31.4 Å². The highest BCUT2D eigenvalue weighted by Gasteiger charge is 2.20. The molecule has 1 aliphatic heterocycles. The molecule has 4 nitrogen and oxygen atoms in total. The molecule has 0 aromatic carbocycles. The van der Waals surface area contributed by atoms with Gasteiger partial charge in [0.1, 0.15) is 0 Å². The summed E-state index contributed by atoms with van der Waals surface area (Å²) in [5.74, 6) is -0.779. The van der Waals surface area contributed by atoms with Gasteiger partial charge in [0.05, 0.1) is 12.5 Å². The number of nitrogens with one attached hydrogen (secondary N) is 1. The number of hydrogen-bond acceptors (Lipinski definition) is 3. The first kappa shape index (κ1) is 8.49. The highest BCUT2D eigenvalue weighted by molar-refractivity contribution is 5.67. The van der Waals surface area contributed by atoms with Gasteiger partial charge in [-0.25, -0.2) is 0 Å². The summed E-state index contributed by atoms with van der Waals surface area (Å²) in [6, 6.07) is 0.0518. The molecule has 0 amide bonds. The van der Waals surface area contributed by atoms with E-state index in [1.807, 2.05) is 0 Å². The second-order valence-electron chi connectivity index (χ2n) is 2.93. The van der Waals surface area contributed by atoms with Gasteiger partial charge < -0.3 is 15.5 Å². The molecule has 1 fully saturated rings. The number of β-amino-alcohol motifs (C(OH)–C–C–N with tert-alkyl or cyclic N) is 1. The molecule has 3 N–H and O–H groups in total. The maximum Gasteiger partial charge on any atom is 0.304 e. The highest BCUT2D eigenvalue weighted by atomic mass is 16.4. The van der Waals surface area contributed by atoms with Crippen LogP contribution in [0.25, 0.3) is 0 Å². The van der Waals surface area contributed by atoms with Crippen LogP contribution in [0.15, 0.2) is 0 Å². The lowest BCUT2D eigenvalue weighted by Gasteiger charge is -2.25. The lowest BCUT2D eigenvalue weighted by atomic mass is 10.0. The minimum atomic E-state index is -0.779. The Balaban J connectivity index is 2.22. The lowest BCUT2D eigenvalue weighted by Crippen LogP contribution is -2.42. The molecule has 1 saturated heterocycles. The molecule has 2 unspecified atom stereocenters. The van der Waals surface area contributed by atoms with Crippen molar-refractivity contribution in [1.29, 1.82) is 0 Å². The van der Waals surface area contributed by atoms with Gasteiger partial charge in [-0.1, -0.05) is 0 Å². The predicted molar refractivity (Wildman–Crippen MR) is 39.3 cm³/mol. The van der Waals surface area contributed by atoms with Gasteiger partial charge in [0, 0.05) is 12.6 Å². The summed E-state index contributed by atoms with van der Waals surface area (Å²) in [6.07, 6.45) is 1.34. The number of carboxylic acid groups (broad SMARTS) is 1. The molecule has 0 aromatic rings. The zero-order valence-corrected chi connectivity index (χ0v) is 6.29. The fourth-order valence-electron chi connectivity index (χ4n) is 1.29. The van der Waals surface area contributed by atoms with Crippen LogP contribution >= 0.6 is 0 Å². The molecule has 0 aromatic heterocycles. The predicted octanol–water partition coefficient (Wildman–Crippen LogP) is -0.426. The first-order valence-corrected chi connectivity index (χ1v) is 3.81. The molecule has 2 atom stereocenters. The molecule has 1 rings (SSSR count). The van der Waals surface area contributed by atoms with Crippen LogP contribution in [0.1, 0.15) is 19.3 Å². The van der Waals surface area contributed by atoms with Crippen molar-refractivity contribution in [3.05, 3.63) is 0 Å². The number of rotatable bonds is 2. The van der Waals surface area contributed by atoms with E-state index in [0.717, 1.165) is 6.42 Å². The smallest absolute Gasteiger partial charge is 0.304 e. The Morgan fingerprint density at radius 2 is 2.27 bits per heavy atom. The summed E-state index contributed by atoms with van der Waals surface area (Å²) < 4.78 is 0. The quantitative estimate of drug-likeness (QED) is 0.511. The minimum absolute atomic E-state index is 0.0518. The number of piperidine rings is 1. The molecule has 4 heteroatoms. The van der Waals surface area contributed by atoms with Crippen molar-refractivity contribution in [1.82, 2.24) is 5.32 Å². The van der Waals surface area contributed by atoms with Crippen LogP contribution in [0.2, 0.25) is 0 Å². The maximum atomic E-state index is 10.2. The average molecular weight is 159 g/mol. The minimum Gasteiger partial charge on any atom is -0.481 e. The Kier molecular flexibility index (Phi) is 2.84. The molecular weight excluding hydrogens is 146 g/mol. The Bertz CT molecular complexity index is 141. The third-order valence-corrected chi connectivity index (χ3v) is 1.91. The number of aliphatic hydroxyl groups is 1. The summed E-state index contributed by atoms with van der Waals surface area (Å²) in [7, 11) is 0. The molecule has 0 aliphatic carbocycles. The Morgan fingerprint density at radius 1 is 1.55 bits per heavy atom. The fraction of sp³-hybridized carbons (Fsp3) is 0.857. The maximum absolute atomic E-state index is 10.2. The van der Waals surface area contributed by atoms with Crippen LogP contribution in [0.4, 0.5) is 0 Å². The van der Waals surface area contributed by atoms with Crippen LogP contribution in [0, 0.1) is 0 Å². The third kappa shape index (κ3) is 2.86. The Morgan fingerprint density at radius 3 is 2.73 bits per heavy atom. The van der Waals surface area contributed by atoms with Crippen LogP contribution in [0.3, 0.4) is 0 Å². The van der Waals surface area contributed by atoms with E-state index in [0.29, 0.717) is 13.0 Å². The largest absolute Gasteiger partial charge is 0.481 e. The van der Waals surface area contributed by atoms with Crippen molar-refractivity contribution in [2.24, 2.45) is 0 Å². The first-order valence-electron chi connectivity index (χ1n) is 3.81. The Hall–Kier alpha value is -0.610.